The van der Waals surface area contributed by atoms with E-state index in [0.29, 0.717) is 17.4 Å². The van der Waals surface area contributed by atoms with E-state index in [9.17, 15) is 9.90 Å². The fourth-order valence-corrected chi connectivity index (χ4v) is 2.46. The number of carbonyl (C=O) groups excluding carboxylic acids is 1. The van der Waals surface area contributed by atoms with Crippen LogP contribution in [0, 0.1) is 0 Å². The van der Waals surface area contributed by atoms with Gasteiger partial charge in [0.05, 0.1) is 6.04 Å². The average Bonchev–Trinajstić information content (AvgIpc) is 3.00. The SMILES string of the molecule is O=C(Nc1ccc(O)cc1)c1ccn(C2CCCNC2)n1. The van der Waals surface area contributed by atoms with E-state index >= 15 is 0 Å². The summed E-state index contributed by atoms with van der Waals surface area (Å²) >= 11 is 0. The van der Waals surface area contributed by atoms with Gasteiger partial charge in [-0.2, -0.15) is 5.10 Å². The van der Waals surface area contributed by atoms with Crippen LogP contribution in [0.4, 0.5) is 5.69 Å². The van der Waals surface area contributed by atoms with Gasteiger partial charge in [0.2, 0.25) is 0 Å². The summed E-state index contributed by atoms with van der Waals surface area (Å²) in [5, 5.41) is 19.7. The van der Waals surface area contributed by atoms with Gasteiger partial charge in [-0.25, -0.2) is 0 Å². The Morgan fingerprint density at radius 2 is 2.14 bits per heavy atom. The Hall–Kier alpha value is -2.34. The molecule has 1 aliphatic heterocycles. The number of carbonyl (C=O) groups is 1. The lowest BCUT2D eigenvalue weighted by Gasteiger charge is -2.22. The predicted octanol–water partition coefficient (Wildman–Crippen LogP) is 1.77. The molecule has 1 saturated heterocycles. The summed E-state index contributed by atoms with van der Waals surface area (Å²) in [6, 6.07) is 8.40. The lowest BCUT2D eigenvalue weighted by Crippen LogP contribution is -2.32. The molecule has 2 heterocycles. The van der Waals surface area contributed by atoms with E-state index < -0.39 is 0 Å². The minimum absolute atomic E-state index is 0.169. The van der Waals surface area contributed by atoms with E-state index in [1.165, 1.54) is 12.1 Å². The number of phenols is 1. The fraction of sp³-hybridized carbons (Fsp3) is 0.333. The first-order valence-electron chi connectivity index (χ1n) is 7.08. The fourth-order valence-electron chi connectivity index (χ4n) is 2.46. The van der Waals surface area contributed by atoms with Gasteiger partial charge in [-0.15, -0.1) is 0 Å². The highest BCUT2D eigenvalue weighted by Gasteiger charge is 2.17. The van der Waals surface area contributed by atoms with E-state index in [4.69, 9.17) is 0 Å². The second-order valence-corrected chi connectivity index (χ2v) is 5.18. The van der Waals surface area contributed by atoms with E-state index in [2.05, 4.69) is 15.7 Å². The topological polar surface area (TPSA) is 79.2 Å². The summed E-state index contributed by atoms with van der Waals surface area (Å²) in [5.74, 6) is -0.0784. The van der Waals surface area contributed by atoms with Crippen LogP contribution in [0.15, 0.2) is 36.5 Å². The average molecular weight is 286 g/mol. The number of aromatic hydroxyl groups is 1. The Morgan fingerprint density at radius 1 is 1.33 bits per heavy atom. The van der Waals surface area contributed by atoms with Crippen molar-refractivity contribution >= 4 is 11.6 Å². The molecule has 0 radical (unpaired) electrons. The molecule has 1 aromatic carbocycles. The van der Waals surface area contributed by atoms with Gasteiger partial charge < -0.3 is 15.7 Å². The molecule has 0 aliphatic carbocycles. The van der Waals surface area contributed by atoms with Gasteiger partial charge in [-0.3, -0.25) is 9.48 Å². The lowest BCUT2D eigenvalue weighted by molar-refractivity contribution is 0.102. The third-order valence-electron chi connectivity index (χ3n) is 3.61. The van der Waals surface area contributed by atoms with Crippen LogP contribution in [0.2, 0.25) is 0 Å². The number of hydrogen-bond acceptors (Lipinski definition) is 4. The molecule has 6 heteroatoms. The van der Waals surface area contributed by atoms with Crippen LogP contribution < -0.4 is 10.6 Å². The third kappa shape index (κ3) is 3.22. The molecule has 3 rings (SSSR count). The van der Waals surface area contributed by atoms with E-state index in [1.54, 1.807) is 18.2 Å². The van der Waals surface area contributed by atoms with Crippen LogP contribution in [-0.4, -0.2) is 33.9 Å². The van der Waals surface area contributed by atoms with Gasteiger partial charge in [0.15, 0.2) is 5.69 Å². The summed E-state index contributed by atoms with van der Waals surface area (Å²) in [6.45, 7) is 1.94. The minimum Gasteiger partial charge on any atom is -0.508 e. The molecule has 3 N–H and O–H groups in total. The van der Waals surface area contributed by atoms with Gasteiger partial charge in [0, 0.05) is 18.4 Å². The first-order valence-corrected chi connectivity index (χ1v) is 7.08. The molecule has 1 amide bonds. The number of anilines is 1. The Balaban J connectivity index is 1.67. The summed E-state index contributed by atoms with van der Waals surface area (Å²) in [4.78, 5) is 12.1. The molecule has 1 aliphatic rings. The lowest BCUT2D eigenvalue weighted by atomic mass is 10.1. The highest BCUT2D eigenvalue weighted by Crippen LogP contribution is 2.17. The van der Waals surface area contributed by atoms with Crippen LogP contribution in [0.1, 0.15) is 29.4 Å². The molecule has 6 nitrogen and oxygen atoms in total. The summed E-state index contributed by atoms with van der Waals surface area (Å²) in [7, 11) is 0. The number of aromatic nitrogens is 2. The van der Waals surface area contributed by atoms with Gasteiger partial charge in [-0.1, -0.05) is 0 Å². The molecule has 21 heavy (non-hydrogen) atoms. The number of rotatable bonds is 3. The molecule has 0 bridgehead atoms. The zero-order chi connectivity index (χ0) is 14.7. The summed E-state index contributed by atoms with van der Waals surface area (Å²) in [6.07, 6.45) is 4.05. The maximum absolute atomic E-state index is 12.1. The number of hydrogen-bond donors (Lipinski definition) is 3. The Bertz CT molecular complexity index is 615. The molecular weight excluding hydrogens is 268 g/mol. The van der Waals surface area contributed by atoms with Gasteiger partial charge in [0.1, 0.15) is 5.75 Å². The first-order chi connectivity index (χ1) is 10.2. The summed E-state index contributed by atoms with van der Waals surface area (Å²) in [5.41, 5.74) is 1.03. The van der Waals surface area contributed by atoms with Crippen molar-refractivity contribution in [2.75, 3.05) is 18.4 Å². The van der Waals surface area contributed by atoms with Crippen molar-refractivity contribution in [1.82, 2.24) is 15.1 Å². The number of amides is 1. The number of nitrogens with one attached hydrogen (secondary N) is 2. The zero-order valence-corrected chi connectivity index (χ0v) is 11.6. The van der Waals surface area contributed by atoms with Crippen LogP contribution in [0.5, 0.6) is 5.75 Å². The predicted molar refractivity (Wildman–Crippen MR) is 79.4 cm³/mol. The van der Waals surface area contributed by atoms with Crippen LogP contribution in [0.3, 0.4) is 0 Å². The van der Waals surface area contributed by atoms with Crippen molar-refractivity contribution in [3.8, 4) is 5.75 Å². The summed E-state index contributed by atoms with van der Waals surface area (Å²) < 4.78 is 1.86. The van der Waals surface area contributed by atoms with Crippen molar-refractivity contribution in [1.29, 1.82) is 0 Å². The van der Waals surface area contributed by atoms with Crippen molar-refractivity contribution in [2.24, 2.45) is 0 Å². The van der Waals surface area contributed by atoms with Crippen molar-refractivity contribution in [3.63, 3.8) is 0 Å². The largest absolute Gasteiger partial charge is 0.508 e. The third-order valence-corrected chi connectivity index (χ3v) is 3.61. The number of phenolic OH excluding ortho intramolecular Hbond substituents is 1. The molecular formula is C15H18N4O2. The maximum Gasteiger partial charge on any atom is 0.276 e. The molecule has 110 valence electrons. The van der Waals surface area contributed by atoms with Crippen molar-refractivity contribution in [2.45, 2.75) is 18.9 Å². The van der Waals surface area contributed by atoms with E-state index in [0.717, 1.165) is 25.9 Å². The molecule has 1 atom stereocenters. The second-order valence-electron chi connectivity index (χ2n) is 5.18. The Labute approximate surface area is 122 Å². The number of piperidine rings is 1. The monoisotopic (exact) mass is 286 g/mol. The Morgan fingerprint density at radius 3 is 2.86 bits per heavy atom. The maximum atomic E-state index is 12.1. The smallest absolute Gasteiger partial charge is 0.276 e. The van der Waals surface area contributed by atoms with Gasteiger partial charge in [0.25, 0.3) is 5.91 Å². The quantitative estimate of drug-likeness (QED) is 0.751. The van der Waals surface area contributed by atoms with Crippen molar-refractivity contribution < 1.29 is 9.90 Å². The normalized spacial score (nSPS) is 18.4. The highest BCUT2D eigenvalue weighted by molar-refractivity contribution is 6.02. The molecule has 0 spiro atoms. The van der Waals surface area contributed by atoms with E-state index in [1.807, 2.05) is 10.9 Å². The van der Waals surface area contributed by atoms with Gasteiger partial charge in [-0.05, 0) is 49.7 Å². The number of nitrogens with zero attached hydrogens (tertiary/aromatic N) is 2. The Kier molecular flexibility index (Phi) is 3.87. The van der Waals surface area contributed by atoms with Gasteiger partial charge >= 0.3 is 0 Å². The van der Waals surface area contributed by atoms with Crippen LogP contribution in [-0.2, 0) is 0 Å². The highest BCUT2D eigenvalue weighted by atomic mass is 16.3. The zero-order valence-electron chi connectivity index (χ0n) is 11.6. The first kappa shape index (κ1) is 13.6. The standard InChI is InChI=1S/C15H18N4O2/c20-13-5-3-11(4-6-13)17-15(21)14-7-9-19(18-14)12-2-1-8-16-10-12/h3-7,9,12,16,20H,1-2,8,10H2,(H,17,21). The second kappa shape index (κ2) is 5.97. The molecule has 1 unspecified atom stereocenters. The molecule has 2 aromatic rings. The number of benzene rings is 1. The molecule has 0 saturated carbocycles. The minimum atomic E-state index is -0.247. The molecule has 1 fully saturated rings. The van der Waals surface area contributed by atoms with Crippen LogP contribution >= 0.6 is 0 Å². The molecule has 1 aromatic heterocycles. The van der Waals surface area contributed by atoms with E-state index in [-0.39, 0.29) is 11.7 Å². The van der Waals surface area contributed by atoms with Crippen LogP contribution in [0.25, 0.3) is 0 Å². The van der Waals surface area contributed by atoms with Crippen molar-refractivity contribution in [3.05, 3.63) is 42.2 Å².